The summed E-state index contributed by atoms with van der Waals surface area (Å²) in [4.78, 5) is 0. The molecule has 1 fully saturated rings. The molecule has 1 N–H and O–H groups in total. The lowest BCUT2D eigenvalue weighted by Gasteiger charge is -2.20. The van der Waals surface area contributed by atoms with Gasteiger partial charge in [0.05, 0.1) is 0 Å². The molecule has 0 aliphatic carbocycles. The van der Waals surface area contributed by atoms with Crippen LogP contribution in [0.4, 0.5) is 0 Å². The van der Waals surface area contributed by atoms with Gasteiger partial charge in [-0.1, -0.05) is 0 Å². The number of rotatable bonds is 4. The summed E-state index contributed by atoms with van der Waals surface area (Å²) in [6, 6.07) is 0. The third-order valence-electron chi connectivity index (χ3n) is 2.53. The largest absolute Gasteiger partial charge is 0.319 e. The molecule has 0 radical (unpaired) electrons. The third-order valence-corrected chi connectivity index (χ3v) is 4.44. The van der Waals surface area contributed by atoms with Crippen LogP contribution in [0.2, 0.25) is 0 Å². The van der Waals surface area contributed by atoms with Crippen LogP contribution >= 0.6 is 0 Å². The van der Waals surface area contributed by atoms with Gasteiger partial charge in [0, 0.05) is 27.2 Å². The summed E-state index contributed by atoms with van der Waals surface area (Å²) in [7, 11) is 1.84. The Morgan fingerprint density at radius 2 is 2.14 bits per heavy atom. The van der Waals surface area contributed by atoms with Gasteiger partial charge in [0.2, 0.25) is 0 Å². The Bertz CT molecular complexity index is 276. The maximum Gasteiger partial charge on any atom is 0.281 e. The van der Waals surface area contributed by atoms with E-state index in [1.165, 1.54) is 4.31 Å². The lowest BCUT2D eigenvalue weighted by Crippen LogP contribution is -2.39. The van der Waals surface area contributed by atoms with Crippen LogP contribution < -0.4 is 5.32 Å². The minimum atomic E-state index is -3.19. The minimum Gasteiger partial charge on any atom is -0.319 e. The molecular weight excluding hydrogens is 202 g/mol. The molecule has 0 saturated carbocycles. The molecule has 1 aliphatic heterocycles. The van der Waals surface area contributed by atoms with Gasteiger partial charge in [-0.2, -0.15) is 17.0 Å². The molecule has 84 valence electrons. The van der Waals surface area contributed by atoms with Gasteiger partial charge in [-0.25, -0.2) is 0 Å². The molecule has 1 rings (SSSR count). The molecule has 0 aromatic carbocycles. The van der Waals surface area contributed by atoms with Gasteiger partial charge in [0.25, 0.3) is 10.2 Å². The van der Waals surface area contributed by atoms with Crippen LogP contribution in [-0.2, 0) is 10.2 Å². The van der Waals surface area contributed by atoms with Crippen LogP contribution in [0.3, 0.4) is 0 Å². The first-order valence-electron chi connectivity index (χ1n) is 4.80. The van der Waals surface area contributed by atoms with Crippen molar-refractivity contribution >= 4 is 10.2 Å². The summed E-state index contributed by atoms with van der Waals surface area (Å²) >= 11 is 0. The van der Waals surface area contributed by atoms with Crippen molar-refractivity contribution in [2.45, 2.75) is 6.42 Å². The fourth-order valence-electron chi connectivity index (χ4n) is 1.69. The molecule has 6 heteroatoms. The van der Waals surface area contributed by atoms with E-state index in [4.69, 9.17) is 0 Å². The van der Waals surface area contributed by atoms with Crippen LogP contribution in [-0.4, -0.2) is 57.8 Å². The SMILES string of the molecule is CNCC1CCN(S(=O)(=O)N(C)C)C1. The maximum absolute atomic E-state index is 11.7. The van der Waals surface area contributed by atoms with E-state index in [1.807, 2.05) is 7.05 Å². The van der Waals surface area contributed by atoms with E-state index in [0.29, 0.717) is 19.0 Å². The van der Waals surface area contributed by atoms with Gasteiger partial charge >= 0.3 is 0 Å². The zero-order valence-electron chi connectivity index (χ0n) is 9.02. The summed E-state index contributed by atoms with van der Waals surface area (Å²) in [6.45, 7) is 2.17. The summed E-state index contributed by atoms with van der Waals surface area (Å²) in [5.41, 5.74) is 0. The summed E-state index contributed by atoms with van der Waals surface area (Å²) in [5.74, 6) is 0.453. The standard InChI is InChI=1S/C8H19N3O2S/c1-9-6-8-4-5-11(7-8)14(12,13)10(2)3/h8-9H,4-7H2,1-3H3. The predicted octanol–water partition coefficient (Wildman–Crippen LogP) is -0.666. The highest BCUT2D eigenvalue weighted by atomic mass is 32.2. The molecule has 5 nitrogen and oxygen atoms in total. The van der Waals surface area contributed by atoms with Gasteiger partial charge in [0.1, 0.15) is 0 Å². The lowest BCUT2D eigenvalue weighted by atomic mass is 10.1. The van der Waals surface area contributed by atoms with Crippen LogP contribution in [0.25, 0.3) is 0 Å². The Balaban J connectivity index is 2.58. The van der Waals surface area contributed by atoms with Gasteiger partial charge < -0.3 is 5.32 Å². The second-order valence-corrected chi connectivity index (χ2v) is 6.00. The summed E-state index contributed by atoms with van der Waals surface area (Å²) in [5, 5.41) is 3.08. The monoisotopic (exact) mass is 221 g/mol. The first-order valence-corrected chi connectivity index (χ1v) is 6.20. The van der Waals surface area contributed by atoms with Crippen molar-refractivity contribution in [1.82, 2.24) is 13.9 Å². The molecule has 1 saturated heterocycles. The maximum atomic E-state index is 11.7. The highest BCUT2D eigenvalue weighted by molar-refractivity contribution is 7.86. The van der Waals surface area contributed by atoms with E-state index >= 15 is 0 Å². The highest BCUT2D eigenvalue weighted by Crippen LogP contribution is 2.19. The topological polar surface area (TPSA) is 52.7 Å². The van der Waals surface area contributed by atoms with Crippen molar-refractivity contribution < 1.29 is 8.42 Å². The lowest BCUT2D eigenvalue weighted by molar-refractivity contribution is 0.408. The average Bonchev–Trinajstić information content (AvgIpc) is 2.53. The van der Waals surface area contributed by atoms with Crippen molar-refractivity contribution in [1.29, 1.82) is 0 Å². The second kappa shape index (κ2) is 4.57. The third kappa shape index (κ3) is 2.44. The van der Waals surface area contributed by atoms with E-state index in [0.717, 1.165) is 13.0 Å². The predicted molar refractivity (Wildman–Crippen MR) is 56.2 cm³/mol. The molecule has 0 aromatic rings. The van der Waals surface area contributed by atoms with Gasteiger partial charge in [0.15, 0.2) is 0 Å². The van der Waals surface area contributed by atoms with E-state index in [-0.39, 0.29) is 0 Å². The number of hydrogen-bond acceptors (Lipinski definition) is 3. The summed E-state index contributed by atoms with van der Waals surface area (Å²) in [6.07, 6.45) is 0.952. The minimum absolute atomic E-state index is 0.453. The van der Waals surface area contributed by atoms with Gasteiger partial charge in [-0.15, -0.1) is 0 Å². The van der Waals surface area contributed by atoms with E-state index < -0.39 is 10.2 Å². The molecule has 1 atom stereocenters. The molecule has 14 heavy (non-hydrogen) atoms. The number of hydrogen-bond donors (Lipinski definition) is 1. The van der Waals surface area contributed by atoms with E-state index in [9.17, 15) is 8.42 Å². The molecular formula is C8H19N3O2S. The Morgan fingerprint density at radius 1 is 1.50 bits per heavy atom. The van der Waals surface area contributed by atoms with Crippen LogP contribution in [0.15, 0.2) is 0 Å². The quantitative estimate of drug-likeness (QED) is 0.685. The van der Waals surface area contributed by atoms with Crippen molar-refractivity contribution in [2.75, 3.05) is 40.8 Å². The Kier molecular flexibility index (Phi) is 3.88. The van der Waals surface area contributed by atoms with Crippen molar-refractivity contribution in [3.63, 3.8) is 0 Å². The number of nitrogens with zero attached hydrogens (tertiary/aromatic N) is 2. The molecule has 0 amide bonds. The fourth-order valence-corrected chi connectivity index (χ4v) is 2.89. The molecule has 0 aromatic heterocycles. The molecule has 1 unspecified atom stereocenters. The molecule has 1 heterocycles. The average molecular weight is 221 g/mol. The van der Waals surface area contributed by atoms with Crippen LogP contribution in [0.5, 0.6) is 0 Å². The Labute approximate surface area is 86.3 Å². The van der Waals surface area contributed by atoms with Crippen LogP contribution in [0.1, 0.15) is 6.42 Å². The van der Waals surface area contributed by atoms with Crippen LogP contribution in [0, 0.1) is 5.92 Å². The summed E-state index contributed by atoms with van der Waals surface area (Å²) < 4.78 is 26.3. The molecule has 0 bridgehead atoms. The van der Waals surface area contributed by atoms with E-state index in [2.05, 4.69) is 5.32 Å². The smallest absolute Gasteiger partial charge is 0.281 e. The van der Waals surface area contributed by atoms with Gasteiger partial charge in [-0.05, 0) is 25.9 Å². The fraction of sp³-hybridized carbons (Fsp3) is 1.00. The molecule has 0 spiro atoms. The molecule has 1 aliphatic rings. The Morgan fingerprint density at radius 3 is 2.64 bits per heavy atom. The van der Waals surface area contributed by atoms with Crippen molar-refractivity contribution in [3.8, 4) is 0 Å². The van der Waals surface area contributed by atoms with Crippen molar-refractivity contribution in [3.05, 3.63) is 0 Å². The Hall–Kier alpha value is -0.170. The van der Waals surface area contributed by atoms with Gasteiger partial charge in [-0.3, -0.25) is 0 Å². The van der Waals surface area contributed by atoms with E-state index in [1.54, 1.807) is 18.4 Å². The normalized spacial score (nSPS) is 24.7. The number of nitrogens with one attached hydrogen (secondary N) is 1. The van der Waals surface area contributed by atoms with Crippen molar-refractivity contribution in [2.24, 2.45) is 5.92 Å². The first-order chi connectivity index (χ1) is 6.48. The zero-order chi connectivity index (χ0) is 10.8. The second-order valence-electron chi connectivity index (χ2n) is 3.86. The zero-order valence-corrected chi connectivity index (χ0v) is 9.84. The first kappa shape index (κ1) is 11.9. The highest BCUT2D eigenvalue weighted by Gasteiger charge is 2.32.